The summed E-state index contributed by atoms with van der Waals surface area (Å²) in [7, 11) is 0. The van der Waals surface area contributed by atoms with Gasteiger partial charge in [-0.15, -0.1) is 0 Å². The van der Waals surface area contributed by atoms with Crippen LogP contribution < -0.4 is 5.73 Å². The number of thioether (sulfide) groups is 1. The Hall–Kier alpha value is 0.310. The zero-order valence-corrected chi connectivity index (χ0v) is 9.07. The maximum atomic E-state index is 6.11. The molecule has 0 bridgehead atoms. The minimum atomic E-state index is 0.474. The fourth-order valence-electron chi connectivity index (χ4n) is 1.65. The molecule has 0 aromatic carbocycles. The average molecular weight is 187 g/mol. The van der Waals surface area contributed by atoms with Gasteiger partial charge in [-0.3, -0.25) is 0 Å². The van der Waals surface area contributed by atoms with Crippen LogP contribution in [-0.4, -0.2) is 17.5 Å². The molecule has 2 unspecified atom stereocenters. The van der Waals surface area contributed by atoms with Gasteiger partial charge in [0.2, 0.25) is 0 Å². The second kappa shape index (κ2) is 5.13. The molecule has 0 amide bonds. The summed E-state index contributed by atoms with van der Waals surface area (Å²) >= 11 is 2.06. The lowest BCUT2D eigenvalue weighted by Crippen LogP contribution is -2.30. The Kier molecular flexibility index (Phi) is 4.44. The Morgan fingerprint density at radius 3 is 2.67 bits per heavy atom. The van der Waals surface area contributed by atoms with Crippen molar-refractivity contribution in [2.75, 3.05) is 11.5 Å². The van der Waals surface area contributed by atoms with Crippen LogP contribution in [0.1, 0.15) is 33.1 Å². The molecule has 0 aromatic rings. The van der Waals surface area contributed by atoms with E-state index in [9.17, 15) is 0 Å². The van der Waals surface area contributed by atoms with E-state index in [1.165, 1.54) is 30.8 Å². The maximum absolute atomic E-state index is 6.11. The molecule has 1 saturated heterocycles. The fourth-order valence-corrected chi connectivity index (χ4v) is 3.00. The molecule has 2 atom stereocenters. The van der Waals surface area contributed by atoms with E-state index in [2.05, 4.69) is 25.6 Å². The Morgan fingerprint density at radius 2 is 2.17 bits per heavy atom. The van der Waals surface area contributed by atoms with Gasteiger partial charge < -0.3 is 5.73 Å². The largest absolute Gasteiger partial charge is 0.327 e. The standard InChI is InChI=1S/C10H21NS/c1-8(2)3-4-10(11)9-5-6-12-7-9/h8-10H,3-7,11H2,1-2H3. The molecule has 72 valence electrons. The number of hydrogen-bond donors (Lipinski definition) is 1. The first kappa shape index (κ1) is 10.4. The zero-order valence-electron chi connectivity index (χ0n) is 8.25. The molecule has 1 nitrogen and oxygen atoms in total. The zero-order chi connectivity index (χ0) is 8.97. The third kappa shape index (κ3) is 3.36. The summed E-state index contributed by atoms with van der Waals surface area (Å²) in [6, 6.07) is 0.474. The lowest BCUT2D eigenvalue weighted by Gasteiger charge is -2.18. The van der Waals surface area contributed by atoms with Crippen molar-refractivity contribution in [3.8, 4) is 0 Å². The van der Waals surface area contributed by atoms with Crippen LogP contribution in [0.2, 0.25) is 0 Å². The van der Waals surface area contributed by atoms with Gasteiger partial charge in [0.15, 0.2) is 0 Å². The third-order valence-electron chi connectivity index (χ3n) is 2.65. The molecule has 0 spiro atoms. The topological polar surface area (TPSA) is 26.0 Å². The fraction of sp³-hybridized carbons (Fsp3) is 1.00. The molecule has 1 heterocycles. The Morgan fingerprint density at radius 1 is 1.42 bits per heavy atom. The van der Waals surface area contributed by atoms with Gasteiger partial charge in [-0.2, -0.15) is 11.8 Å². The maximum Gasteiger partial charge on any atom is 0.00754 e. The summed E-state index contributed by atoms with van der Waals surface area (Å²) in [4.78, 5) is 0. The van der Waals surface area contributed by atoms with Gasteiger partial charge in [0.25, 0.3) is 0 Å². The van der Waals surface area contributed by atoms with Crippen LogP contribution in [0.25, 0.3) is 0 Å². The van der Waals surface area contributed by atoms with Crippen LogP contribution in [0.3, 0.4) is 0 Å². The van der Waals surface area contributed by atoms with E-state index in [0.717, 1.165) is 11.8 Å². The Labute approximate surface area is 80.5 Å². The molecule has 1 aliphatic rings. The van der Waals surface area contributed by atoms with E-state index in [-0.39, 0.29) is 0 Å². The van der Waals surface area contributed by atoms with E-state index >= 15 is 0 Å². The van der Waals surface area contributed by atoms with E-state index < -0.39 is 0 Å². The first-order valence-electron chi connectivity index (χ1n) is 5.03. The minimum absolute atomic E-state index is 0.474. The minimum Gasteiger partial charge on any atom is -0.327 e. The first-order chi connectivity index (χ1) is 5.70. The third-order valence-corrected chi connectivity index (χ3v) is 3.84. The normalized spacial score (nSPS) is 26.5. The molecular weight excluding hydrogens is 166 g/mol. The molecule has 1 aliphatic heterocycles. The summed E-state index contributed by atoms with van der Waals surface area (Å²) in [5.74, 6) is 4.26. The molecule has 0 saturated carbocycles. The molecular formula is C10H21NS. The average Bonchev–Trinajstić information content (AvgIpc) is 2.51. The molecule has 1 fully saturated rings. The van der Waals surface area contributed by atoms with Crippen molar-refractivity contribution in [2.24, 2.45) is 17.6 Å². The quantitative estimate of drug-likeness (QED) is 0.732. The number of rotatable bonds is 4. The predicted molar refractivity (Wildman–Crippen MR) is 57.5 cm³/mol. The van der Waals surface area contributed by atoms with Crippen molar-refractivity contribution in [3.05, 3.63) is 0 Å². The second-order valence-electron chi connectivity index (χ2n) is 4.26. The van der Waals surface area contributed by atoms with Gasteiger partial charge >= 0.3 is 0 Å². The van der Waals surface area contributed by atoms with Gasteiger partial charge in [0.1, 0.15) is 0 Å². The van der Waals surface area contributed by atoms with E-state index in [0.29, 0.717) is 6.04 Å². The van der Waals surface area contributed by atoms with Crippen LogP contribution in [0.5, 0.6) is 0 Å². The van der Waals surface area contributed by atoms with Crippen molar-refractivity contribution < 1.29 is 0 Å². The second-order valence-corrected chi connectivity index (χ2v) is 5.41. The van der Waals surface area contributed by atoms with Crippen LogP contribution in [0.15, 0.2) is 0 Å². The summed E-state index contributed by atoms with van der Waals surface area (Å²) in [5, 5.41) is 0. The Bertz CT molecular complexity index is 119. The van der Waals surface area contributed by atoms with E-state index in [1.807, 2.05) is 0 Å². The van der Waals surface area contributed by atoms with Crippen LogP contribution >= 0.6 is 11.8 Å². The van der Waals surface area contributed by atoms with Gasteiger partial charge in [-0.25, -0.2) is 0 Å². The highest BCUT2D eigenvalue weighted by molar-refractivity contribution is 7.99. The molecule has 0 radical (unpaired) electrons. The summed E-state index contributed by atoms with van der Waals surface area (Å²) in [5.41, 5.74) is 6.11. The molecule has 1 rings (SSSR count). The van der Waals surface area contributed by atoms with E-state index in [4.69, 9.17) is 5.73 Å². The molecule has 2 heteroatoms. The van der Waals surface area contributed by atoms with Crippen molar-refractivity contribution in [1.29, 1.82) is 0 Å². The highest BCUT2D eigenvalue weighted by atomic mass is 32.2. The molecule has 0 aromatic heterocycles. The van der Waals surface area contributed by atoms with Crippen molar-refractivity contribution >= 4 is 11.8 Å². The number of nitrogens with two attached hydrogens (primary N) is 1. The summed E-state index contributed by atoms with van der Waals surface area (Å²) < 4.78 is 0. The lowest BCUT2D eigenvalue weighted by molar-refractivity contribution is 0.402. The van der Waals surface area contributed by atoms with Crippen LogP contribution in [-0.2, 0) is 0 Å². The van der Waals surface area contributed by atoms with Crippen LogP contribution in [0.4, 0.5) is 0 Å². The monoisotopic (exact) mass is 187 g/mol. The van der Waals surface area contributed by atoms with Crippen molar-refractivity contribution in [3.63, 3.8) is 0 Å². The van der Waals surface area contributed by atoms with Gasteiger partial charge in [0.05, 0.1) is 0 Å². The van der Waals surface area contributed by atoms with Crippen LogP contribution in [0, 0.1) is 11.8 Å². The number of hydrogen-bond acceptors (Lipinski definition) is 2. The van der Waals surface area contributed by atoms with Crippen molar-refractivity contribution in [1.82, 2.24) is 0 Å². The van der Waals surface area contributed by atoms with E-state index in [1.54, 1.807) is 0 Å². The summed E-state index contributed by atoms with van der Waals surface area (Å²) in [6.45, 7) is 4.55. The SMILES string of the molecule is CC(C)CCC(N)C1CCSC1. The molecule has 0 aliphatic carbocycles. The van der Waals surface area contributed by atoms with Gasteiger partial charge in [0, 0.05) is 6.04 Å². The molecule has 12 heavy (non-hydrogen) atoms. The highest BCUT2D eigenvalue weighted by Gasteiger charge is 2.21. The lowest BCUT2D eigenvalue weighted by atomic mass is 9.93. The summed E-state index contributed by atoms with van der Waals surface area (Å²) in [6.07, 6.45) is 3.87. The van der Waals surface area contributed by atoms with Crippen molar-refractivity contribution in [2.45, 2.75) is 39.2 Å². The van der Waals surface area contributed by atoms with Gasteiger partial charge in [-0.05, 0) is 42.6 Å². The first-order valence-corrected chi connectivity index (χ1v) is 6.19. The van der Waals surface area contributed by atoms with Gasteiger partial charge in [-0.1, -0.05) is 13.8 Å². The molecule has 2 N–H and O–H groups in total. The Balaban J connectivity index is 2.13. The smallest absolute Gasteiger partial charge is 0.00754 e. The predicted octanol–water partition coefficient (Wildman–Crippen LogP) is 2.50. The highest BCUT2D eigenvalue weighted by Crippen LogP contribution is 2.27.